The molecule has 1 aromatic rings. The van der Waals surface area contributed by atoms with E-state index in [0.717, 1.165) is 0 Å². The summed E-state index contributed by atoms with van der Waals surface area (Å²) in [6, 6.07) is 7.97. The van der Waals surface area contributed by atoms with Gasteiger partial charge in [-0.15, -0.1) is 6.08 Å². The smallest absolute Gasteiger partial charge is 0.147 e. The van der Waals surface area contributed by atoms with Gasteiger partial charge in [0.25, 0.3) is 0 Å². The van der Waals surface area contributed by atoms with Gasteiger partial charge < -0.3 is 0 Å². The van der Waals surface area contributed by atoms with Crippen molar-refractivity contribution in [3.8, 4) is 0 Å². The lowest BCUT2D eigenvalue weighted by atomic mass is 9.84. The first-order valence-corrected chi connectivity index (χ1v) is 11.5. The number of rotatable bonds is 2. The normalized spacial score (nSPS) is 16.0. The average Bonchev–Trinajstić information content (AvgIpc) is 2.37. The molecule has 0 bridgehead atoms. The first-order chi connectivity index (χ1) is 10.00. The summed E-state index contributed by atoms with van der Waals surface area (Å²) in [5.41, 5.74) is 4.10. The van der Waals surface area contributed by atoms with Gasteiger partial charge in [-0.1, -0.05) is 81.9 Å². The van der Waals surface area contributed by atoms with Crippen LogP contribution in [0.4, 0.5) is 0 Å². The van der Waals surface area contributed by atoms with E-state index >= 15 is 0 Å². The van der Waals surface area contributed by atoms with Gasteiger partial charge in [-0.2, -0.15) is 0 Å². The van der Waals surface area contributed by atoms with Crippen molar-refractivity contribution in [2.75, 3.05) is 0 Å². The van der Waals surface area contributed by atoms with Crippen LogP contribution in [0, 0.1) is 13.0 Å². The van der Waals surface area contributed by atoms with E-state index in [4.69, 9.17) is 0 Å². The largest absolute Gasteiger partial charge is 0.255 e. The first-order valence-electron chi connectivity index (χ1n) is 7.99. The summed E-state index contributed by atoms with van der Waals surface area (Å²) >= 11 is 0. The van der Waals surface area contributed by atoms with Crippen LogP contribution in [0.5, 0.6) is 0 Å². The second kappa shape index (κ2) is 5.58. The predicted octanol–water partition coefficient (Wildman–Crippen LogP) is 5.22. The number of hydrogen-bond donors (Lipinski definition) is 0. The third-order valence-corrected chi connectivity index (χ3v) is 6.30. The summed E-state index contributed by atoms with van der Waals surface area (Å²) in [4.78, 5) is 0. The molecule has 22 heavy (non-hydrogen) atoms. The molecule has 1 heterocycles. The Hall–Kier alpha value is -1.54. The van der Waals surface area contributed by atoms with E-state index < -0.39 is 8.07 Å². The van der Waals surface area contributed by atoms with Gasteiger partial charge in [0.05, 0.1) is 14.8 Å². The minimum Gasteiger partial charge on any atom is -0.255 e. The first kappa shape index (κ1) is 16.8. The van der Waals surface area contributed by atoms with Crippen molar-refractivity contribution in [3.05, 3.63) is 64.5 Å². The van der Waals surface area contributed by atoms with Crippen molar-refractivity contribution in [1.29, 1.82) is 0 Å². The molecule has 0 N–H and O–H groups in total. The van der Waals surface area contributed by atoms with E-state index in [9.17, 15) is 0 Å². The summed E-state index contributed by atoms with van der Waals surface area (Å²) in [5, 5.41) is 1.44. The van der Waals surface area contributed by atoms with Gasteiger partial charge in [0.15, 0.2) is 0 Å². The van der Waals surface area contributed by atoms with Crippen LogP contribution in [0.2, 0.25) is 19.6 Å². The monoisotopic (exact) mass is 311 g/mol. The third-order valence-electron chi connectivity index (χ3n) is 4.27. The topological polar surface area (TPSA) is 3.01 Å². The van der Waals surface area contributed by atoms with Gasteiger partial charge in [0, 0.05) is 0 Å². The van der Waals surface area contributed by atoms with Gasteiger partial charge in [-0.3, -0.25) is 4.58 Å². The van der Waals surface area contributed by atoms with E-state index in [-0.39, 0.29) is 5.41 Å². The highest BCUT2D eigenvalue weighted by Gasteiger charge is 2.25. The van der Waals surface area contributed by atoms with Gasteiger partial charge in [0.1, 0.15) is 12.2 Å². The number of aryl methyl sites for hydroxylation is 1. The van der Waals surface area contributed by atoms with Crippen LogP contribution >= 0.6 is 0 Å². The third kappa shape index (κ3) is 3.44. The number of allylic oxidation sites excluding steroid dienone is 2. The van der Waals surface area contributed by atoms with Crippen LogP contribution in [-0.4, -0.2) is 19.4 Å². The van der Waals surface area contributed by atoms with E-state index in [2.05, 4.69) is 90.6 Å². The lowest BCUT2D eigenvalue weighted by Gasteiger charge is -2.28. The molecule has 0 fully saturated rings. The van der Waals surface area contributed by atoms with E-state index in [1.807, 2.05) is 4.58 Å². The van der Waals surface area contributed by atoms with Crippen LogP contribution < -0.4 is 0 Å². The summed E-state index contributed by atoms with van der Waals surface area (Å²) in [6.45, 7) is 20.3. The van der Waals surface area contributed by atoms with Gasteiger partial charge >= 0.3 is 0 Å². The predicted molar refractivity (Wildman–Crippen MR) is 100 cm³/mol. The fraction of sp³-hybridized carbons (Fsp3) is 0.400. The Bertz CT molecular complexity index is 651. The van der Waals surface area contributed by atoms with Crippen molar-refractivity contribution in [2.45, 2.75) is 52.8 Å². The van der Waals surface area contributed by atoms with Crippen LogP contribution in [0.3, 0.4) is 0 Å². The Morgan fingerprint density at radius 3 is 2.27 bits per heavy atom. The van der Waals surface area contributed by atoms with Crippen LogP contribution in [-0.2, 0) is 5.41 Å². The van der Waals surface area contributed by atoms with E-state index in [1.54, 1.807) is 0 Å². The Morgan fingerprint density at radius 2 is 1.77 bits per heavy atom. The van der Waals surface area contributed by atoms with Gasteiger partial charge in [-0.25, -0.2) is 0 Å². The Balaban J connectivity index is 2.41. The van der Waals surface area contributed by atoms with Gasteiger partial charge in [0.2, 0.25) is 0 Å². The zero-order valence-electron chi connectivity index (χ0n) is 15.1. The summed E-state index contributed by atoms with van der Waals surface area (Å²) in [5.74, 6) is 0. The Morgan fingerprint density at radius 1 is 1.14 bits per heavy atom. The molecule has 2 heteroatoms. The molecular formula is C20H29NSi. The Labute approximate surface area is 137 Å². The van der Waals surface area contributed by atoms with Crippen molar-refractivity contribution < 1.29 is 4.58 Å². The molecule has 0 unspecified atom stereocenters. The Kier molecular flexibility index (Phi) is 4.27. The lowest BCUT2D eigenvalue weighted by Crippen LogP contribution is -2.27. The fourth-order valence-electron chi connectivity index (χ4n) is 2.60. The quantitative estimate of drug-likeness (QED) is 0.400. The average molecular weight is 312 g/mol. The van der Waals surface area contributed by atoms with Crippen molar-refractivity contribution in [1.82, 2.24) is 0 Å². The molecule has 0 amide bonds. The SMILES string of the molecule is C=[N+]1C=C([Si](C)(C)C)C=C[C-]1c1cc(C(C)(C)C)ccc1C. The lowest BCUT2D eigenvalue weighted by molar-refractivity contribution is -0.418. The van der Waals surface area contributed by atoms with E-state index in [1.165, 1.54) is 27.9 Å². The maximum absolute atomic E-state index is 4.24. The van der Waals surface area contributed by atoms with Crippen molar-refractivity contribution in [2.24, 2.45) is 0 Å². The maximum Gasteiger partial charge on any atom is 0.147 e. The molecule has 0 atom stereocenters. The molecule has 0 saturated carbocycles. The molecule has 0 aliphatic carbocycles. The molecule has 0 saturated heterocycles. The minimum absolute atomic E-state index is 0.159. The fourth-order valence-corrected chi connectivity index (χ4v) is 3.72. The molecule has 1 nitrogen and oxygen atoms in total. The molecule has 2 rings (SSSR count). The molecular weight excluding hydrogens is 282 g/mol. The van der Waals surface area contributed by atoms with Gasteiger partial charge in [-0.05, 0) is 17.1 Å². The second-order valence-electron chi connectivity index (χ2n) is 8.30. The molecule has 0 radical (unpaired) electrons. The van der Waals surface area contributed by atoms with Crippen LogP contribution in [0.1, 0.15) is 37.5 Å². The molecule has 0 aromatic heterocycles. The van der Waals surface area contributed by atoms with Crippen molar-refractivity contribution >= 4 is 14.8 Å². The number of benzene rings is 1. The number of hydrogen-bond acceptors (Lipinski definition) is 0. The van der Waals surface area contributed by atoms with Crippen LogP contribution in [0.15, 0.2) is 41.7 Å². The number of nitrogens with zero attached hydrogens (tertiary/aromatic N) is 1. The van der Waals surface area contributed by atoms with Crippen molar-refractivity contribution in [3.63, 3.8) is 0 Å². The summed E-state index contributed by atoms with van der Waals surface area (Å²) in [6.07, 6.45) is 6.73. The highest BCUT2D eigenvalue weighted by atomic mass is 28.3. The second-order valence-corrected chi connectivity index (χ2v) is 13.4. The maximum atomic E-state index is 4.24. The zero-order chi connectivity index (χ0) is 16.7. The van der Waals surface area contributed by atoms with Crippen LogP contribution in [0.25, 0.3) is 0 Å². The molecule has 0 spiro atoms. The van der Waals surface area contributed by atoms with E-state index in [0.29, 0.717) is 0 Å². The standard InChI is InChI=1S/C20H29NSi/c1-15-9-10-16(20(2,3)4)13-18(15)19-12-11-17(14-21(19)5)22(6,7)8/h9-14H,5H2,1-4,6-8H3. The summed E-state index contributed by atoms with van der Waals surface area (Å²) < 4.78 is 2.04. The minimum atomic E-state index is -1.30. The summed E-state index contributed by atoms with van der Waals surface area (Å²) in [7, 11) is -1.30. The highest BCUT2D eigenvalue weighted by molar-refractivity contribution is 6.83. The molecule has 118 valence electrons. The zero-order valence-corrected chi connectivity index (χ0v) is 16.1. The molecule has 1 aliphatic rings. The highest BCUT2D eigenvalue weighted by Crippen LogP contribution is 2.31. The molecule has 1 aliphatic heterocycles. The molecule has 1 aromatic carbocycles.